The van der Waals surface area contributed by atoms with Crippen molar-refractivity contribution in [2.75, 3.05) is 9.80 Å². The Bertz CT molecular complexity index is 1930. The third-order valence-electron chi connectivity index (χ3n) is 6.99. The molecule has 0 saturated carbocycles. The summed E-state index contributed by atoms with van der Waals surface area (Å²) in [6.07, 6.45) is 0. The zero-order valence-electron chi connectivity index (χ0n) is 23.8. The van der Waals surface area contributed by atoms with Crippen LogP contribution in [-0.2, 0) is 0 Å². The molecule has 0 bridgehead atoms. The summed E-state index contributed by atoms with van der Waals surface area (Å²) in [5, 5.41) is 0. The lowest BCUT2D eigenvalue weighted by Gasteiger charge is -2.30. The van der Waals surface area contributed by atoms with Crippen molar-refractivity contribution in [3.63, 3.8) is 0 Å². The van der Waals surface area contributed by atoms with Crippen LogP contribution in [0.4, 0.5) is 122 Å². The Hall–Kier alpha value is -5.70. The average Bonchev–Trinajstić information content (AvgIpc) is 3.13. The van der Waals surface area contributed by atoms with E-state index in [2.05, 4.69) is 0 Å². The van der Waals surface area contributed by atoms with Gasteiger partial charge in [0.25, 0.3) is 0 Å². The normalized spacial score (nSPS) is 11.5. The number of anilines is 6. The van der Waals surface area contributed by atoms with Gasteiger partial charge in [0.05, 0.1) is 0 Å². The van der Waals surface area contributed by atoms with E-state index in [1.54, 1.807) is 0 Å². The van der Waals surface area contributed by atoms with E-state index in [-0.39, 0.29) is 24.3 Å². The van der Waals surface area contributed by atoms with Crippen LogP contribution in [0.5, 0.6) is 0 Å². The second-order valence-electron chi connectivity index (χ2n) is 9.86. The molecule has 2 nitrogen and oxygen atoms in total. The van der Waals surface area contributed by atoms with Crippen LogP contribution in [0.2, 0.25) is 0 Å². The SMILES string of the molecule is Fc1c(F)c(F)c(N(c2cccc(N(c3c(F)c(F)c(F)c(F)c3F)c3c(F)c(F)c(F)c(F)c3F)c2)c2c(F)c(F)c(F)c(F)c2F)c(F)c1F. The fourth-order valence-corrected chi connectivity index (χ4v) is 4.67. The lowest BCUT2D eigenvalue weighted by atomic mass is 10.1. The van der Waals surface area contributed by atoms with Crippen molar-refractivity contribution in [3.8, 4) is 0 Å². The van der Waals surface area contributed by atoms with Crippen molar-refractivity contribution in [1.29, 1.82) is 0 Å². The highest BCUT2D eigenvalue weighted by atomic mass is 19.2. The first kappa shape index (κ1) is 37.6. The fourth-order valence-electron chi connectivity index (χ4n) is 4.67. The van der Waals surface area contributed by atoms with Crippen molar-refractivity contribution in [2.45, 2.75) is 0 Å². The second-order valence-corrected chi connectivity index (χ2v) is 9.86. The van der Waals surface area contributed by atoms with Gasteiger partial charge in [0, 0.05) is 11.4 Å². The monoisotopic (exact) mass is 772 g/mol. The summed E-state index contributed by atoms with van der Waals surface area (Å²) in [5.41, 5.74) is -13.8. The second kappa shape index (κ2) is 13.1. The maximum absolute atomic E-state index is 15.1. The molecular weight excluding hydrogens is 768 g/mol. The van der Waals surface area contributed by atoms with Crippen LogP contribution >= 0.6 is 0 Å². The van der Waals surface area contributed by atoms with E-state index < -0.39 is 160 Å². The van der Waals surface area contributed by atoms with E-state index in [9.17, 15) is 52.7 Å². The first-order valence-corrected chi connectivity index (χ1v) is 12.9. The molecule has 52 heavy (non-hydrogen) atoms. The Morgan fingerprint density at radius 2 is 0.385 bits per heavy atom. The largest absolute Gasteiger partial charge is 0.300 e. The molecular formula is C30H4F20N2. The summed E-state index contributed by atoms with van der Waals surface area (Å²) in [6.45, 7) is 0. The third kappa shape index (κ3) is 5.38. The topological polar surface area (TPSA) is 6.48 Å². The predicted molar refractivity (Wildman–Crippen MR) is 135 cm³/mol. The van der Waals surface area contributed by atoms with E-state index in [0.29, 0.717) is 0 Å². The van der Waals surface area contributed by atoms with E-state index >= 15 is 35.1 Å². The maximum atomic E-state index is 15.1. The molecule has 0 atom stereocenters. The van der Waals surface area contributed by atoms with Crippen molar-refractivity contribution in [1.82, 2.24) is 0 Å². The van der Waals surface area contributed by atoms with Gasteiger partial charge in [0.1, 0.15) is 22.7 Å². The summed E-state index contributed by atoms with van der Waals surface area (Å²) in [4.78, 5) is -1.96. The molecule has 0 amide bonds. The standard InChI is InChI=1S/C30H4F20N2/c31-7-11(35)19(43)27(20(44)12(7)36)51(28-21(45)13(37)8(32)14(38)22(28)46)5-2-1-3-6(4-5)52(29-23(47)15(39)9(33)16(40)24(29)48)30-25(49)17(41)10(34)18(42)26(30)50/h1-4H. The predicted octanol–water partition coefficient (Wildman–Crippen LogP) is 11.4. The van der Waals surface area contributed by atoms with Gasteiger partial charge in [-0.25, -0.2) is 87.8 Å². The molecule has 0 saturated heterocycles. The molecule has 0 N–H and O–H groups in total. The van der Waals surface area contributed by atoms with E-state index in [1.165, 1.54) is 0 Å². The molecule has 5 rings (SSSR count). The van der Waals surface area contributed by atoms with Crippen LogP contribution in [-0.4, -0.2) is 0 Å². The Balaban J connectivity index is 1.99. The Labute approximate surface area is 272 Å². The summed E-state index contributed by atoms with van der Waals surface area (Å²) in [6, 6.07) is 0.400. The lowest BCUT2D eigenvalue weighted by molar-refractivity contribution is 0.375. The maximum Gasteiger partial charge on any atom is 0.200 e. The average molecular weight is 772 g/mol. The first-order valence-electron chi connectivity index (χ1n) is 12.9. The van der Waals surface area contributed by atoms with Crippen LogP contribution in [0, 0.1) is 116 Å². The molecule has 0 aromatic heterocycles. The molecule has 0 heterocycles. The number of nitrogens with zero attached hydrogens (tertiary/aromatic N) is 2. The van der Waals surface area contributed by atoms with Crippen LogP contribution in [0.25, 0.3) is 0 Å². The van der Waals surface area contributed by atoms with Gasteiger partial charge in [-0.3, -0.25) is 9.80 Å². The van der Waals surface area contributed by atoms with Crippen LogP contribution in [0.15, 0.2) is 24.3 Å². The first-order chi connectivity index (χ1) is 24.2. The van der Waals surface area contributed by atoms with Crippen molar-refractivity contribution in [3.05, 3.63) is 141 Å². The van der Waals surface area contributed by atoms with Gasteiger partial charge in [-0.05, 0) is 18.2 Å². The number of hydrogen-bond donors (Lipinski definition) is 0. The van der Waals surface area contributed by atoms with Gasteiger partial charge in [-0.15, -0.1) is 0 Å². The van der Waals surface area contributed by atoms with Crippen molar-refractivity contribution >= 4 is 34.1 Å². The van der Waals surface area contributed by atoms with Crippen LogP contribution in [0.3, 0.4) is 0 Å². The van der Waals surface area contributed by atoms with Crippen LogP contribution in [0.1, 0.15) is 0 Å². The molecule has 22 heteroatoms. The molecule has 5 aromatic carbocycles. The van der Waals surface area contributed by atoms with Gasteiger partial charge >= 0.3 is 0 Å². The third-order valence-corrected chi connectivity index (χ3v) is 6.99. The smallest absolute Gasteiger partial charge is 0.200 e. The Kier molecular flexibility index (Phi) is 9.48. The minimum absolute atomic E-state index is 0.189. The summed E-state index contributed by atoms with van der Waals surface area (Å²) in [5.74, 6) is -60.1. The van der Waals surface area contributed by atoms with Gasteiger partial charge in [0.2, 0.25) is 23.3 Å². The van der Waals surface area contributed by atoms with E-state index in [0.717, 1.165) is 0 Å². The Morgan fingerprint density at radius 3 is 0.558 bits per heavy atom. The molecule has 274 valence electrons. The van der Waals surface area contributed by atoms with Gasteiger partial charge in [-0.1, -0.05) is 6.07 Å². The van der Waals surface area contributed by atoms with E-state index in [4.69, 9.17) is 0 Å². The molecule has 0 radical (unpaired) electrons. The highest BCUT2D eigenvalue weighted by molar-refractivity contribution is 5.84. The molecule has 0 unspecified atom stereocenters. The number of rotatable bonds is 6. The molecule has 5 aromatic rings. The Morgan fingerprint density at radius 1 is 0.231 bits per heavy atom. The quantitative estimate of drug-likeness (QED) is 0.0964. The van der Waals surface area contributed by atoms with Gasteiger partial charge in [-0.2, -0.15) is 0 Å². The number of benzene rings is 5. The summed E-state index contributed by atoms with van der Waals surface area (Å²) < 4.78 is 291. The summed E-state index contributed by atoms with van der Waals surface area (Å²) >= 11 is 0. The molecule has 0 aliphatic carbocycles. The lowest BCUT2D eigenvalue weighted by Crippen LogP contribution is -2.23. The van der Waals surface area contributed by atoms with Crippen LogP contribution < -0.4 is 9.80 Å². The minimum Gasteiger partial charge on any atom is -0.300 e. The van der Waals surface area contributed by atoms with E-state index in [1.807, 2.05) is 0 Å². The molecule has 0 aliphatic heterocycles. The zero-order valence-corrected chi connectivity index (χ0v) is 23.8. The highest BCUT2D eigenvalue weighted by Crippen LogP contribution is 2.48. The summed E-state index contributed by atoms with van der Waals surface area (Å²) in [7, 11) is 0. The number of halogens is 20. The highest BCUT2D eigenvalue weighted by Gasteiger charge is 2.39. The number of hydrogen-bond acceptors (Lipinski definition) is 2. The molecule has 0 fully saturated rings. The van der Waals surface area contributed by atoms with Crippen molar-refractivity contribution in [2.24, 2.45) is 0 Å². The van der Waals surface area contributed by atoms with Crippen molar-refractivity contribution < 1.29 is 87.8 Å². The molecule has 0 spiro atoms. The van der Waals surface area contributed by atoms with Gasteiger partial charge in [0.15, 0.2) is 93.1 Å². The molecule has 0 aliphatic rings. The fraction of sp³-hybridized carbons (Fsp3) is 0. The zero-order chi connectivity index (χ0) is 39.0. The van der Waals surface area contributed by atoms with Gasteiger partial charge < -0.3 is 0 Å². The minimum atomic E-state index is -3.02.